The fraction of sp³-hybridized carbons (Fsp3) is 0.526. The minimum absolute atomic E-state index is 0. The number of likely N-dealkylation sites (N-methyl/N-ethyl adjacent to an activating group) is 1. The molecule has 2 heterocycles. The van der Waals surface area contributed by atoms with E-state index in [0.29, 0.717) is 31.2 Å². The van der Waals surface area contributed by atoms with Crippen LogP contribution in [0.25, 0.3) is 0 Å². The van der Waals surface area contributed by atoms with Gasteiger partial charge >= 0.3 is 6.61 Å². The molecular formula is C19H25ClF2N4O3. The van der Waals surface area contributed by atoms with Crippen molar-refractivity contribution in [3.05, 3.63) is 41.5 Å². The van der Waals surface area contributed by atoms with Gasteiger partial charge in [0, 0.05) is 25.6 Å². The Morgan fingerprint density at radius 1 is 1.41 bits per heavy atom. The largest absolute Gasteiger partial charge is 0.434 e. The zero-order valence-corrected chi connectivity index (χ0v) is 17.1. The maximum atomic E-state index is 12.9. The summed E-state index contributed by atoms with van der Waals surface area (Å²) in [6, 6.07) is 6.27. The van der Waals surface area contributed by atoms with E-state index in [2.05, 4.69) is 20.2 Å². The lowest BCUT2D eigenvalue weighted by molar-refractivity contribution is -0.0503. The van der Waals surface area contributed by atoms with Crippen LogP contribution in [0.5, 0.6) is 5.75 Å². The number of carbonyl (C=O) groups is 1. The van der Waals surface area contributed by atoms with E-state index in [0.717, 1.165) is 12.8 Å². The smallest absolute Gasteiger partial charge is 0.387 e. The van der Waals surface area contributed by atoms with Gasteiger partial charge in [-0.05, 0) is 38.9 Å². The Labute approximate surface area is 174 Å². The van der Waals surface area contributed by atoms with Crippen LogP contribution in [-0.4, -0.2) is 53.7 Å². The minimum atomic E-state index is -2.99. The van der Waals surface area contributed by atoms with Gasteiger partial charge in [-0.2, -0.15) is 13.8 Å². The SMILES string of the molecule is CNC(C)Cc1noc(C2CCCN(C(=O)c3ccccc3OC(F)F)C2)n1.Cl. The fourth-order valence-electron chi connectivity index (χ4n) is 3.27. The van der Waals surface area contributed by atoms with E-state index in [1.807, 2.05) is 14.0 Å². The van der Waals surface area contributed by atoms with Gasteiger partial charge in [0.05, 0.1) is 11.5 Å². The number of nitrogens with one attached hydrogen (secondary N) is 1. The van der Waals surface area contributed by atoms with E-state index in [1.54, 1.807) is 17.0 Å². The Bertz CT molecular complexity index is 805. The number of nitrogens with zero attached hydrogens (tertiary/aromatic N) is 3. The first-order valence-electron chi connectivity index (χ1n) is 9.30. The second kappa shape index (κ2) is 10.5. The summed E-state index contributed by atoms with van der Waals surface area (Å²) in [4.78, 5) is 19.0. The highest BCUT2D eigenvalue weighted by Crippen LogP contribution is 2.29. The Balaban J connectivity index is 0.00000300. The molecule has 2 atom stereocenters. The third-order valence-electron chi connectivity index (χ3n) is 4.86. The zero-order valence-electron chi connectivity index (χ0n) is 16.3. The monoisotopic (exact) mass is 430 g/mol. The molecule has 1 saturated heterocycles. The first kappa shape index (κ1) is 23.0. The number of ether oxygens (including phenoxy) is 1. The number of para-hydroxylation sites is 1. The van der Waals surface area contributed by atoms with Crippen LogP contribution in [0.15, 0.2) is 28.8 Å². The number of hydrogen-bond donors (Lipinski definition) is 1. The van der Waals surface area contributed by atoms with Crippen LogP contribution >= 0.6 is 12.4 Å². The summed E-state index contributed by atoms with van der Waals surface area (Å²) in [6.07, 6.45) is 2.23. The van der Waals surface area contributed by atoms with Crippen LogP contribution in [0, 0.1) is 0 Å². The number of carbonyl (C=O) groups excluding carboxylic acids is 1. The van der Waals surface area contributed by atoms with Crippen LogP contribution in [0.2, 0.25) is 0 Å². The summed E-state index contributed by atoms with van der Waals surface area (Å²) >= 11 is 0. The third kappa shape index (κ3) is 5.86. The number of likely N-dealkylation sites (tertiary alicyclic amines) is 1. The van der Waals surface area contributed by atoms with Gasteiger partial charge in [0.2, 0.25) is 5.89 Å². The van der Waals surface area contributed by atoms with E-state index < -0.39 is 6.61 Å². The van der Waals surface area contributed by atoms with Gasteiger partial charge in [0.25, 0.3) is 5.91 Å². The fourth-order valence-corrected chi connectivity index (χ4v) is 3.27. The molecule has 29 heavy (non-hydrogen) atoms. The summed E-state index contributed by atoms with van der Waals surface area (Å²) in [5, 5.41) is 7.14. The number of aromatic nitrogens is 2. The van der Waals surface area contributed by atoms with E-state index in [4.69, 9.17) is 4.52 Å². The Hall–Kier alpha value is -2.26. The molecule has 1 aliphatic rings. The minimum Gasteiger partial charge on any atom is -0.434 e. The summed E-state index contributed by atoms with van der Waals surface area (Å²) in [7, 11) is 1.87. The van der Waals surface area contributed by atoms with Crippen LogP contribution < -0.4 is 10.1 Å². The number of halogens is 3. The molecule has 1 fully saturated rings. The molecule has 10 heteroatoms. The van der Waals surface area contributed by atoms with Crippen LogP contribution in [0.1, 0.15) is 47.8 Å². The van der Waals surface area contributed by atoms with Crippen molar-refractivity contribution in [1.82, 2.24) is 20.4 Å². The van der Waals surface area contributed by atoms with Crippen molar-refractivity contribution >= 4 is 18.3 Å². The van der Waals surface area contributed by atoms with Gasteiger partial charge in [-0.15, -0.1) is 12.4 Å². The summed E-state index contributed by atoms with van der Waals surface area (Å²) in [6.45, 7) is -0.0307. The lowest BCUT2D eigenvalue weighted by atomic mass is 9.97. The van der Waals surface area contributed by atoms with E-state index >= 15 is 0 Å². The maximum Gasteiger partial charge on any atom is 0.387 e. The molecule has 2 aromatic rings. The van der Waals surface area contributed by atoms with E-state index in [-0.39, 0.29) is 41.6 Å². The normalized spacial score (nSPS) is 17.7. The highest BCUT2D eigenvalue weighted by atomic mass is 35.5. The van der Waals surface area contributed by atoms with Gasteiger partial charge in [0.1, 0.15) is 5.75 Å². The first-order chi connectivity index (χ1) is 13.5. The standard InChI is InChI=1S/C19H24F2N4O3.ClH/c1-12(22-2)10-16-23-17(28-24-16)13-6-5-9-25(11-13)18(26)14-7-3-4-8-15(14)27-19(20)21;/h3-4,7-8,12-13,19,22H,5-6,9-11H2,1-2H3;1H. The Morgan fingerprint density at radius 3 is 2.90 bits per heavy atom. The van der Waals surface area contributed by atoms with Gasteiger partial charge in [0.15, 0.2) is 5.82 Å². The molecule has 1 aromatic heterocycles. The molecule has 2 unspecified atom stereocenters. The van der Waals surface area contributed by atoms with Crippen molar-refractivity contribution in [2.75, 3.05) is 20.1 Å². The number of hydrogen-bond acceptors (Lipinski definition) is 6. The van der Waals surface area contributed by atoms with Gasteiger partial charge in [-0.25, -0.2) is 0 Å². The Kier molecular flexibility index (Phi) is 8.33. The average molecular weight is 431 g/mol. The van der Waals surface area contributed by atoms with Crippen LogP contribution in [-0.2, 0) is 6.42 Å². The second-order valence-corrected chi connectivity index (χ2v) is 6.91. The molecule has 1 aromatic carbocycles. The number of alkyl halides is 2. The van der Waals surface area contributed by atoms with Crippen molar-refractivity contribution < 1.29 is 22.8 Å². The van der Waals surface area contributed by atoms with Gasteiger partial charge < -0.3 is 19.5 Å². The third-order valence-corrected chi connectivity index (χ3v) is 4.86. The van der Waals surface area contributed by atoms with Crippen LogP contribution in [0.3, 0.4) is 0 Å². The molecule has 0 saturated carbocycles. The van der Waals surface area contributed by atoms with E-state index in [1.165, 1.54) is 12.1 Å². The highest BCUT2D eigenvalue weighted by Gasteiger charge is 2.30. The van der Waals surface area contributed by atoms with Crippen molar-refractivity contribution in [2.24, 2.45) is 0 Å². The lowest BCUT2D eigenvalue weighted by Crippen LogP contribution is -2.39. The molecule has 160 valence electrons. The molecule has 1 N–H and O–H groups in total. The van der Waals surface area contributed by atoms with E-state index in [9.17, 15) is 13.6 Å². The molecule has 0 radical (unpaired) electrons. The molecule has 0 aliphatic carbocycles. The van der Waals surface area contributed by atoms with Crippen molar-refractivity contribution in [3.63, 3.8) is 0 Å². The van der Waals surface area contributed by atoms with Crippen molar-refractivity contribution in [1.29, 1.82) is 0 Å². The maximum absolute atomic E-state index is 12.9. The molecule has 0 bridgehead atoms. The second-order valence-electron chi connectivity index (χ2n) is 6.91. The van der Waals surface area contributed by atoms with Crippen molar-refractivity contribution in [3.8, 4) is 5.75 Å². The molecule has 0 spiro atoms. The molecule has 7 nitrogen and oxygen atoms in total. The number of piperidine rings is 1. The summed E-state index contributed by atoms with van der Waals surface area (Å²) in [5.41, 5.74) is 0.123. The first-order valence-corrected chi connectivity index (χ1v) is 9.30. The molecule has 1 aliphatic heterocycles. The topological polar surface area (TPSA) is 80.5 Å². The highest BCUT2D eigenvalue weighted by molar-refractivity contribution is 5.97. The quantitative estimate of drug-likeness (QED) is 0.726. The summed E-state index contributed by atoms with van der Waals surface area (Å²) in [5.74, 6) is 0.589. The number of amides is 1. The van der Waals surface area contributed by atoms with Crippen molar-refractivity contribution in [2.45, 2.75) is 44.8 Å². The number of rotatable bonds is 7. The van der Waals surface area contributed by atoms with Crippen LogP contribution in [0.4, 0.5) is 8.78 Å². The van der Waals surface area contributed by atoms with Gasteiger partial charge in [-0.3, -0.25) is 4.79 Å². The average Bonchev–Trinajstić information content (AvgIpc) is 3.16. The Morgan fingerprint density at radius 2 is 2.17 bits per heavy atom. The zero-order chi connectivity index (χ0) is 20.1. The predicted molar refractivity (Wildman–Crippen MR) is 105 cm³/mol. The summed E-state index contributed by atoms with van der Waals surface area (Å²) < 4.78 is 35.2. The predicted octanol–water partition coefficient (Wildman–Crippen LogP) is 3.26. The molecule has 3 rings (SSSR count). The van der Waals surface area contributed by atoms with Gasteiger partial charge in [-0.1, -0.05) is 17.3 Å². The number of benzene rings is 1. The molecule has 1 amide bonds. The lowest BCUT2D eigenvalue weighted by Gasteiger charge is -2.31. The molecular weight excluding hydrogens is 406 g/mol.